The van der Waals surface area contributed by atoms with Crippen molar-refractivity contribution in [2.24, 2.45) is 0 Å². The molecule has 1 aliphatic heterocycles. The number of anilines is 2. The van der Waals surface area contributed by atoms with Crippen molar-refractivity contribution in [3.05, 3.63) is 94.6 Å². The van der Waals surface area contributed by atoms with Crippen LogP contribution in [-0.4, -0.2) is 37.0 Å². The van der Waals surface area contributed by atoms with Crippen LogP contribution in [-0.2, 0) is 9.59 Å². The lowest BCUT2D eigenvalue weighted by Gasteiger charge is -2.27. The molecule has 3 aromatic carbocycles. The van der Waals surface area contributed by atoms with Gasteiger partial charge in [0.15, 0.2) is 0 Å². The highest BCUT2D eigenvalue weighted by Gasteiger charge is 2.47. The molecule has 0 aromatic heterocycles. The van der Waals surface area contributed by atoms with Crippen LogP contribution < -0.4 is 14.5 Å². The summed E-state index contributed by atoms with van der Waals surface area (Å²) in [6, 6.07) is 19.6. The fourth-order valence-electron chi connectivity index (χ4n) is 4.66. The Morgan fingerprint density at radius 1 is 0.917 bits per heavy atom. The topological polar surface area (TPSA) is 70.1 Å². The molecule has 1 heterocycles. The van der Waals surface area contributed by atoms with Gasteiger partial charge in [0.05, 0.1) is 18.7 Å². The predicted octanol–water partition coefficient (Wildman–Crippen LogP) is 5.78. The maximum Gasteiger partial charge on any atom is 0.300 e. The standard InChI is InChI=1S/C30H32N2O4/c1-6-31(7-2)23-12-10-21(11-13-23)27-26(28(33)22-9-8-19(3)20(4)18-22)29(34)30(35)32(27)24-14-16-25(36-5)17-15-24/h8-18,27,33H,6-7H2,1-5H3/b28-26-. The van der Waals surface area contributed by atoms with Gasteiger partial charge in [-0.25, -0.2) is 0 Å². The number of benzene rings is 3. The number of Topliss-reactive ketones (excluding diaryl/α,β-unsaturated/α-hetero) is 1. The van der Waals surface area contributed by atoms with E-state index < -0.39 is 17.7 Å². The van der Waals surface area contributed by atoms with E-state index in [1.54, 1.807) is 37.4 Å². The summed E-state index contributed by atoms with van der Waals surface area (Å²) in [6.07, 6.45) is 0. The van der Waals surface area contributed by atoms with Crippen molar-refractivity contribution in [1.29, 1.82) is 0 Å². The van der Waals surface area contributed by atoms with Crippen LogP contribution >= 0.6 is 0 Å². The predicted molar refractivity (Wildman–Crippen MR) is 144 cm³/mol. The van der Waals surface area contributed by atoms with Crippen molar-refractivity contribution in [3.63, 3.8) is 0 Å². The molecule has 1 saturated heterocycles. The minimum absolute atomic E-state index is 0.0784. The van der Waals surface area contributed by atoms with Gasteiger partial charge in [0, 0.05) is 30.0 Å². The number of aryl methyl sites for hydroxylation is 2. The van der Waals surface area contributed by atoms with Gasteiger partial charge in [-0.1, -0.05) is 24.3 Å². The van der Waals surface area contributed by atoms with Gasteiger partial charge >= 0.3 is 0 Å². The smallest absolute Gasteiger partial charge is 0.300 e. The van der Waals surface area contributed by atoms with E-state index in [-0.39, 0.29) is 11.3 Å². The summed E-state index contributed by atoms with van der Waals surface area (Å²) in [5.74, 6) is -0.918. The molecule has 0 radical (unpaired) electrons. The first-order chi connectivity index (χ1) is 17.3. The van der Waals surface area contributed by atoms with E-state index >= 15 is 0 Å². The monoisotopic (exact) mass is 484 g/mol. The van der Waals surface area contributed by atoms with Crippen LogP contribution in [0.15, 0.2) is 72.3 Å². The number of carbonyl (C=O) groups is 2. The molecule has 0 bridgehead atoms. The Bertz CT molecular complexity index is 1310. The fraction of sp³-hybridized carbons (Fsp3) is 0.267. The summed E-state index contributed by atoms with van der Waals surface area (Å²) >= 11 is 0. The molecule has 6 nitrogen and oxygen atoms in total. The van der Waals surface area contributed by atoms with E-state index in [4.69, 9.17) is 4.74 Å². The van der Waals surface area contributed by atoms with E-state index in [1.807, 2.05) is 50.2 Å². The number of aliphatic hydroxyl groups is 1. The van der Waals surface area contributed by atoms with Gasteiger partial charge in [-0.05, 0) is 86.8 Å². The number of rotatable bonds is 7. The minimum Gasteiger partial charge on any atom is -0.507 e. The van der Waals surface area contributed by atoms with Crippen molar-refractivity contribution in [1.82, 2.24) is 0 Å². The van der Waals surface area contributed by atoms with E-state index in [0.29, 0.717) is 17.0 Å². The van der Waals surface area contributed by atoms with Gasteiger partial charge in [0.2, 0.25) is 0 Å². The Hall–Kier alpha value is -4.06. The van der Waals surface area contributed by atoms with E-state index in [9.17, 15) is 14.7 Å². The average Bonchev–Trinajstić information content (AvgIpc) is 3.16. The number of ether oxygens (including phenoxy) is 1. The van der Waals surface area contributed by atoms with Crippen molar-refractivity contribution < 1.29 is 19.4 Å². The first-order valence-electron chi connectivity index (χ1n) is 12.2. The largest absolute Gasteiger partial charge is 0.507 e. The van der Waals surface area contributed by atoms with Crippen LogP contribution in [0, 0.1) is 13.8 Å². The second-order valence-corrected chi connectivity index (χ2v) is 8.93. The molecule has 0 aliphatic carbocycles. The molecule has 3 aromatic rings. The third kappa shape index (κ3) is 4.47. The highest BCUT2D eigenvalue weighted by atomic mass is 16.5. The Labute approximate surface area is 212 Å². The molecule has 6 heteroatoms. The van der Waals surface area contributed by atoms with Gasteiger partial charge in [0.25, 0.3) is 11.7 Å². The van der Waals surface area contributed by atoms with Gasteiger partial charge < -0.3 is 14.7 Å². The van der Waals surface area contributed by atoms with Gasteiger partial charge in [-0.3, -0.25) is 14.5 Å². The van der Waals surface area contributed by atoms with E-state index in [1.165, 1.54) is 4.90 Å². The van der Waals surface area contributed by atoms with Crippen molar-refractivity contribution in [3.8, 4) is 5.75 Å². The van der Waals surface area contributed by atoms with Crippen LogP contribution in [0.1, 0.15) is 42.1 Å². The maximum atomic E-state index is 13.4. The van der Waals surface area contributed by atoms with Crippen molar-refractivity contribution in [2.75, 3.05) is 30.0 Å². The molecule has 186 valence electrons. The summed E-state index contributed by atoms with van der Waals surface area (Å²) in [7, 11) is 1.57. The molecule has 0 saturated carbocycles. The second-order valence-electron chi connectivity index (χ2n) is 8.93. The zero-order chi connectivity index (χ0) is 26.0. The van der Waals surface area contributed by atoms with E-state index in [0.717, 1.165) is 35.5 Å². The summed E-state index contributed by atoms with van der Waals surface area (Å²) in [4.78, 5) is 30.4. The van der Waals surface area contributed by atoms with Crippen molar-refractivity contribution >= 4 is 28.8 Å². The highest BCUT2D eigenvalue weighted by Crippen LogP contribution is 2.43. The molecule has 4 rings (SSSR count). The molecule has 0 spiro atoms. The number of hydrogen-bond donors (Lipinski definition) is 1. The summed E-state index contributed by atoms with van der Waals surface area (Å²) in [5.41, 5.74) is 5.00. The molecule has 36 heavy (non-hydrogen) atoms. The average molecular weight is 485 g/mol. The molecule has 1 amide bonds. The zero-order valence-electron chi connectivity index (χ0n) is 21.4. The number of ketones is 1. The number of carbonyl (C=O) groups excluding carboxylic acids is 2. The number of nitrogens with zero attached hydrogens (tertiary/aromatic N) is 2. The summed E-state index contributed by atoms with van der Waals surface area (Å²) < 4.78 is 5.26. The molecule has 1 atom stereocenters. The first kappa shape index (κ1) is 25.0. The fourth-order valence-corrected chi connectivity index (χ4v) is 4.66. The molecular formula is C30H32N2O4. The quantitative estimate of drug-likeness (QED) is 0.261. The summed E-state index contributed by atoms with van der Waals surface area (Å²) in [5, 5.41) is 11.4. The number of methoxy groups -OCH3 is 1. The van der Waals surface area contributed by atoms with Gasteiger partial charge in [0.1, 0.15) is 11.5 Å². The third-order valence-electron chi connectivity index (χ3n) is 6.91. The molecular weight excluding hydrogens is 452 g/mol. The highest BCUT2D eigenvalue weighted by molar-refractivity contribution is 6.51. The number of aliphatic hydroxyl groups excluding tert-OH is 1. The van der Waals surface area contributed by atoms with Gasteiger partial charge in [-0.15, -0.1) is 0 Å². The number of amides is 1. The second kappa shape index (κ2) is 10.3. The molecule has 1 fully saturated rings. The number of hydrogen-bond acceptors (Lipinski definition) is 5. The SMILES string of the molecule is CCN(CC)c1ccc(C2/C(=C(/O)c3ccc(C)c(C)c3)C(=O)C(=O)N2c2ccc(OC)cc2)cc1. The van der Waals surface area contributed by atoms with Crippen LogP contribution in [0.25, 0.3) is 5.76 Å². The Kier molecular flexibility index (Phi) is 7.15. The summed E-state index contributed by atoms with van der Waals surface area (Å²) in [6.45, 7) is 9.86. The van der Waals surface area contributed by atoms with Crippen LogP contribution in [0.3, 0.4) is 0 Å². The lowest BCUT2D eigenvalue weighted by Crippen LogP contribution is -2.29. The lowest BCUT2D eigenvalue weighted by atomic mass is 9.94. The Morgan fingerprint density at radius 3 is 2.11 bits per heavy atom. The minimum atomic E-state index is -0.772. The third-order valence-corrected chi connectivity index (χ3v) is 6.91. The Balaban J connectivity index is 1.89. The van der Waals surface area contributed by atoms with Crippen LogP contribution in [0.2, 0.25) is 0 Å². The zero-order valence-corrected chi connectivity index (χ0v) is 21.4. The molecule has 1 aliphatic rings. The first-order valence-corrected chi connectivity index (χ1v) is 12.2. The van der Waals surface area contributed by atoms with Crippen LogP contribution in [0.5, 0.6) is 5.75 Å². The molecule has 1 unspecified atom stereocenters. The van der Waals surface area contributed by atoms with Gasteiger partial charge in [-0.2, -0.15) is 0 Å². The molecule has 1 N–H and O–H groups in total. The van der Waals surface area contributed by atoms with E-state index in [2.05, 4.69) is 18.7 Å². The maximum absolute atomic E-state index is 13.4. The van der Waals surface area contributed by atoms with Crippen molar-refractivity contribution in [2.45, 2.75) is 33.7 Å². The lowest BCUT2D eigenvalue weighted by molar-refractivity contribution is -0.132. The van der Waals surface area contributed by atoms with Crippen LogP contribution in [0.4, 0.5) is 11.4 Å². The normalized spacial score (nSPS) is 16.9. The Morgan fingerprint density at radius 2 is 1.56 bits per heavy atom.